The van der Waals surface area contributed by atoms with Crippen LogP contribution in [-0.2, 0) is 20.4 Å². The van der Waals surface area contributed by atoms with E-state index in [1.807, 2.05) is 0 Å². The molecule has 0 aliphatic rings. The monoisotopic (exact) mass is 427 g/mol. The third-order valence-corrected chi connectivity index (χ3v) is 0. The van der Waals surface area contributed by atoms with E-state index < -0.39 is 0 Å². The summed E-state index contributed by atoms with van der Waals surface area (Å²) in [6.07, 6.45) is -0.667. The van der Waals surface area contributed by atoms with E-state index in [9.17, 15) is 0 Å². The summed E-state index contributed by atoms with van der Waals surface area (Å²) in [6.45, 7) is 13.8. The Morgan fingerprint density at radius 3 is 0.412 bits per heavy atom. The van der Waals surface area contributed by atoms with Crippen molar-refractivity contribution >= 4 is 0 Å². The maximum Gasteiger partial charge on any atom is 0.0483 e. The molecule has 1 radical (unpaired) electrons. The third kappa shape index (κ3) is 13800. The van der Waals surface area contributed by atoms with E-state index in [0.29, 0.717) is 0 Å². The van der Waals surface area contributed by atoms with E-state index in [2.05, 4.69) is 0 Å². The molecule has 0 unspecified atom stereocenters. The van der Waals surface area contributed by atoms with Gasteiger partial charge in [0.15, 0.2) is 0 Å². The fourth-order valence-electron chi connectivity index (χ4n) is 0. The number of hydrogen-bond acceptors (Lipinski definition) is 4. The van der Waals surface area contributed by atoms with Gasteiger partial charge < -0.3 is 20.4 Å². The molecular weight excluding hydrogens is 394 g/mol. The van der Waals surface area contributed by atoms with Crippen molar-refractivity contribution < 1.29 is 40.8 Å². The maximum atomic E-state index is 8.06. The van der Waals surface area contributed by atoms with Crippen molar-refractivity contribution in [3.05, 3.63) is 0 Å². The molecule has 0 aliphatic heterocycles. The summed E-state index contributed by atoms with van der Waals surface area (Å²) in [5.74, 6) is 0. The standard InChI is InChI=1S/4C3H8O.Re/c4*1-3(2)4;/h4*3-4H,1-2H3;. The van der Waals surface area contributed by atoms with E-state index >= 15 is 0 Å². The first-order valence-electron chi connectivity index (χ1n) is 5.65. The van der Waals surface area contributed by atoms with Crippen LogP contribution in [0.3, 0.4) is 0 Å². The van der Waals surface area contributed by atoms with Crippen LogP contribution in [0.1, 0.15) is 55.4 Å². The number of hydrogen-bond donors (Lipinski definition) is 4. The maximum absolute atomic E-state index is 8.06. The molecule has 0 aromatic carbocycles. The summed E-state index contributed by atoms with van der Waals surface area (Å²) < 4.78 is 0. The van der Waals surface area contributed by atoms with Crippen LogP contribution in [0.15, 0.2) is 0 Å². The van der Waals surface area contributed by atoms with Crippen molar-refractivity contribution in [1.29, 1.82) is 0 Å². The molecule has 0 spiro atoms. The summed E-state index contributed by atoms with van der Waals surface area (Å²) in [5.41, 5.74) is 0. The van der Waals surface area contributed by atoms with Crippen molar-refractivity contribution in [2.24, 2.45) is 0 Å². The van der Waals surface area contributed by atoms with Crippen LogP contribution >= 0.6 is 0 Å². The molecule has 17 heavy (non-hydrogen) atoms. The van der Waals surface area contributed by atoms with Gasteiger partial charge in [0.2, 0.25) is 0 Å². The average Bonchev–Trinajstić information content (AvgIpc) is 1.76. The normalized spacial score (nSPS) is 8.47. The molecule has 0 heterocycles. The molecule has 0 fully saturated rings. The SMILES string of the molecule is CC(C)O.CC(C)O.CC(C)O.CC(C)O.[Re]. The van der Waals surface area contributed by atoms with Gasteiger partial charge in [-0.05, 0) is 55.4 Å². The number of aliphatic hydroxyl groups is 4. The Morgan fingerprint density at radius 1 is 0.412 bits per heavy atom. The van der Waals surface area contributed by atoms with E-state index in [-0.39, 0.29) is 44.8 Å². The predicted molar refractivity (Wildman–Crippen MR) is 69.4 cm³/mol. The molecule has 0 saturated carbocycles. The van der Waals surface area contributed by atoms with Crippen molar-refractivity contribution in [3.63, 3.8) is 0 Å². The number of rotatable bonds is 0. The van der Waals surface area contributed by atoms with Crippen LogP contribution < -0.4 is 0 Å². The summed E-state index contributed by atoms with van der Waals surface area (Å²) >= 11 is 0. The Balaban J connectivity index is -0.0000000369. The quantitative estimate of drug-likeness (QED) is 0.474. The van der Waals surface area contributed by atoms with Crippen LogP contribution in [0.5, 0.6) is 0 Å². The average molecular weight is 427 g/mol. The molecule has 111 valence electrons. The molecule has 0 saturated heterocycles. The fourth-order valence-corrected chi connectivity index (χ4v) is 0. The Kier molecular flexibility index (Phi) is 45.5. The van der Waals surface area contributed by atoms with E-state index in [4.69, 9.17) is 20.4 Å². The van der Waals surface area contributed by atoms with Gasteiger partial charge in [-0.2, -0.15) is 0 Å². The zero-order valence-electron chi connectivity index (χ0n) is 12.5. The molecule has 0 aliphatic carbocycles. The topological polar surface area (TPSA) is 80.9 Å². The van der Waals surface area contributed by atoms with Gasteiger partial charge in [-0.15, -0.1) is 0 Å². The zero-order chi connectivity index (χ0) is 14.3. The van der Waals surface area contributed by atoms with Crippen LogP contribution in [0.25, 0.3) is 0 Å². The van der Waals surface area contributed by atoms with E-state index in [1.54, 1.807) is 55.4 Å². The fraction of sp³-hybridized carbons (Fsp3) is 1.00. The van der Waals surface area contributed by atoms with Gasteiger partial charge in [0.05, 0.1) is 0 Å². The molecule has 4 N–H and O–H groups in total. The van der Waals surface area contributed by atoms with E-state index in [1.165, 1.54) is 0 Å². The van der Waals surface area contributed by atoms with Crippen LogP contribution in [0.2, 0.25) is 0 Å². The second kappa shape index (κ2) is 25.4. The van der Waals surface area contributed by atoms with Crippen LogP contribution in [0, 0.1) is 0 Å². The van der Waals surface area contributed by atoms with Crippen molar-refractivity contribution in [2.45, 2.75) is 79.8 Å². The van der Waals surface area contributed by atoms with Crippen LogP contribution in [0.4, 0.5) is 0 Å². The molecule has 5 heteroatoms. The van der Waals surface area contributed by atoms with Gasteiger partial charge in [0, 0.05) is 44.8 Å². The van der Waals surface area contributed by atoms with Gasteiger partial charge in [-0.3, -0.25) is 0 Å². The van der Waals surface area contributed by atoms with Gasteiger partial charge in [-0.25, -0.2) is 0 Å². The Labute approximate surface area is 121 Å². The molecule has 0 amide bonds. The summed E-state index contributed by atoms with van der Waals surface area (Å²) in [7, 11) is 0. The van der Waals surface area contributed by atoms with Crippen molar-refractivity contribution in [3.8, 4) is 0 Å². The Morgan fingerprint density at radius 2 is 0.412 bits per heavy atom. The number of aliphatic hydroxyl groups excluding tert-OH is 4. The molecular formula is C12H32O4Re. The molecule has 4 nitrogen and oxygen atoms in total. The van der Waals surface area contributed by atoms with Gasteiger partial charge in [0.25, 0.3) is 0 Å². The molecule has 0 aromatic rings. The smallest absolute Gasteiger partial charge is 0.0483 e. The van der Waals surface area contributed by atoms with Crippen molar-refractivity contribution in [2.75, 3.05) is 0 Å². The van der Waals surface area contributed by atoms with Crippen molar-refractivity contribution in [1.82, 2.24) is 0 Å². The Hall–Kier alpha value is 0.502. The first-order valence-corrected chi connectivity index (χ1v) is 5.65. The first-order chi connectivity index (χ1) is 6.93. The minimum absolute atomic E-state index is 0. The van der Waals surface area contributed by atoms with Gasteiger partial charge in [-0.1, -0.05) is 0 Å². The van der Waals surface area contributed by atoms with E-state index in [0.717, 1.165) is 0 Å². The summed E-state index contributed by atoms with van der Waals surface area (Å²) in [5, 5.41) is 32.2. The third-order valence-electron chi connectivity index (χ3n) is 0. The second-order valence-electron chi connectivity index (χ2n) is 4.37. The largest absolute Gasteiger partial charge is 0.394 e. The zero-order valence-corrected chi connectivity index (χ0v) is 15.2. The minimum atomic E-state index is -0.167. The van der Waals surface area contributed by atoms with Gasteiger partial charge in [0.1, 0.15) is 0 Å². The molecule has 0 rings (SSSR count). The molecule has 0 aromatic heterocycles. The predicted octanol–water partition coefficient (Wildman–Crippen LogP) is 1.55. The molecule has 0 atom stereocenters. The first kappa shape index (κ1) is 30.5. The summed E-state index contributed by atoms with van der Waals surface area (Å²) in [6, 6.07) is 0. The van der Waals surface area contributed by atoms with Crippen LogP contribution in [-0.4, -0.2) is 44.8 Å². The molecule has 0 bridgehead atoms. The summed E-state index contributed by atoms with van der Waals surface area (Å²) in [4.78, 5) is 0. The van der Waals surface area contributed by atoms with Gasteiger partial charge >= 0.3 is 0 Å². The minimum Gasteiger partial charge on any atom is -0.394 e. The second-order valence-corrected chi connectivity index (χ2v) is 4.37. The Bertz CT molecular complexity index is 61.5.